The number of rotatable bonds is 9. The highest BCUT2D eigenvalue weighted by Gasteiger charge is 2.09. The molecule has 0 radical (unpaired) electrons. The van der Waals surface area contributed by atoms with Gasteiger partial charge in [0.1, 0.15) is 18.2 Å². The molecule has 6 heteroatoms. The van der Waals surface area contributed by atoms with Gasteiger partial charge in [0.2, 0.25) is 0 Å². The number of benzene rings is 2. The van der Waals surface area contributed by atoms with E-state index in [2.05, 4.69) is 16.3 Å². The van der Waals surface area contributed by atoms with Crippen LogP contribution in [-0.2, 0) is 17.9 Å². The van der Waals surface area contributed by atoms with E-state index >= 15 is 0 Å². The van der Waals surface area contributed by atoms with Gasteiger partial charge in [-0.25, -0.2) is 4.39 Å². The van der Waals surface area contributed by atoms with Gasteiger partial charge in [-0.3, -0.25) is 4.90 Å². The molecule has 0 spiro atoms. The van der Waals surface area contributed by atoms with Crippen LogP contribution in [0.3, 0.4) is 0 Å². The summed E-state index contributed by atoms with van der Waals surface area (Å²) in [6.45, 7) is 6.99. The zero-order valence-corrected chi connectivity index (χ0v) is 16.2. The van der Waals surface area contributed by atoms with E-state index in [-0.39, 0.29) is 5.82 Å². The average molecular weight is 393 g/mol. The molecule has 2 aromatic rings. The Kier molecular flexibility index (Phi) is 7.90. The van der Waals surface area contributed by atoms with Crippen molar-refractivity contribution in [2.24, 2.45) is 0 Å². The summed E-state index contributed by atoms with van der Waals surface area (Å²) in [4.78, 5) is 2.44. The van der Waals surface area contributed by atoms with Gasteiger partial charge in [-0.05, 0) is 49.3 Å². The fraction of sp³-hybridized carbons (Fsp3) is 0.429. The third kappa shape index (κ3) is 6.78. The summed E-state index contributed by atoms with van der Waals surface area (Å²) in [5, 5.41) is 3.86. The van der Waals surface area contributed by atoms with Gasteiger partial charge in [0, 0.05) is 25.2 Å². The lowest BCUT2D eigenvalue weighted by Gasteiger charge is -2.26. The van der Waals surface area contributed by atoms with Crippen LogP contribution in [-0.4, -0.2) is 44.3 Å². The van der Waals surface area contributed by atoms with Crippen molar-refractivity contribution in [1.29, 1.82) is 0 Å². The predicted octanol–water partition coefficient (Wildman–Crippen LogP) is 3.87. The molecule has 2 aromatic carbocycles. The summed E-state index contributed by atoms with van der Waals surface area (Å²) in [7, 11) is 0. The summed E-state index contributed by atoms with van der Waals surface area (Å²) in [5.41, 5.74) is 1.94. The van der Waals surface area contributed by atoms with Crippen LogP contribution in [0.25, 0.3) is 0 Å². The van der Waals surface area contributed by atoms with Gasteiger partial charge in [0.25, 0.3) is 0 Å². The molecule has 146 valence electrons. The van der Waals surface area contributed by atoms with Crippen LogP contribution in [0.4, 0.5) is 4.39 Å². The van der Waals surface area contributed by atoms with Crippen molar-refractivity contribution in [1.82, 2.24) is 10.2 Å². The normalized spacial score (nSPS) is 15.0. The maximum atomic E-state index is 13.1. The second-order valence-electron chi connectivity index (χ2n) is 6.66. The molecule has 0 amide bonds. The Bertz CT molecular complexity index is 723. The number of halogens is 2. The van der Waals surface area contributed by atoms with Gasteiger partial charge >= 0.3 is 0 Å². The van der Waals surface area contributed by atoms with Crippen LogP contribution in [0.5, 0.6) is 5.75 Å². The van der Waals surface area contributed by atoms with Gasteiger partial charge in [0.15, 0.2) is 0 Å². The smallest absolute Gasteiger partial charge is 0.124 e. The van der Waals surface area contributed by atoms with E-state index in [1.165, 1.54) is 17.7 Å². The van der Waals surface area contributed by atoms with Crippen LogP contribution < -0.4 is 10.1 Å². The standard InChI is InChI=1S/C21H26ClFN2O2/c22-21-14-19(23)6-5-18(21)16-27-20-4-1-3-17(13-20)15-24-7-2-8-25-9-11-26-12-10-25/h1,3-6,13-14,24H,2,7-12,15-16H2. The minimum absolute atomic E-state index is 0.315. The van der Waals surface area contributed by atoms with Crippen molar-refractivity contribution < 1.29 is 13.9 Å². The van der Waals surface area contributed by atoms with Crippen LogP contribution >= 0.6 is 11.6 Å². The van der Waals surface area contributed by atoms with E-state index in [0.29, 0.717) is 11.6 Å². The Labute approximate surface area is 165 Å². The number of morpholine rings is 1. The third-order valence-corrected chi connectivity index (χ3v) is 4.92. The van der Waals surface area contributed by atoms with Crippen molar-refractivity contribution in [3.8, 4) is 5.75 Å². The summed E-state index contributed by atoms with van der Waals surface area (Å²) >= 11 is 6.04. The molecule has 0 aromatic heterocycles. The molecule has 0 saturated carbocycles. The minimum Gasteiger partial charge on any atom is -0.489 e. The van der Waals surface area contributed by atoms with Gasteiger partial charge < -0.3 is 14.8 Å². The van der Waals surface area contributed by atoms with Crippen molar-refractivity contribution >= 4 is 11.6 Å². The SMILES string of the molecule is Fc1ccc(COc2cccc(CNCCCN3CCOCC3)c2)c(Cl)c1. The number of hydrogen-bond donors (Lipinski definition) is 1. The first-order valence-electron chi connectivity index (χ1n) is 9.37. The van der Waals surface area contributed by atoms with Crippen molar-refractivity contribution in [3.63, 3.8) is 0 Å². The quantitative estimate of drug-likeness (QED) is 0.657. The lowest BCUT2D eigenvalue weighted by Crippen LogP contribution is -2.37. The summed E-state index contributed by atoms with van der Waals surface area (Å²) in [6, 6.07) is 12.3. The molecule has 0 atom stereocenters. The summed E-state index contributed by atoms with van der Waals surface area (Å²) in [5.74, 6) is 0.438. The largest absolute Gasteiger partial charge is 0.489 e. The van der Waals surface area contributed by atoms with Crippen LogP contribution in [0.1, 0.15) is 17.5 Å². The fourth-order valence-corrected chi connectivity index (χ4v) is 3.25. The highest BCUT2D eigenvalue weighted by Crippen LogP contribution is 2.20. The molecule has 3 rings (SSSR count). The second kappa shape index (κ2) is 10.6. The molecule has 1 fully saturated rings. The first-order chi connectivity index (χ1) is 13.2. The number of ether oxygens (including phenoxy) is 2. The monoisotopic (exact) mass is 392 g/mol. The van der Waals surface area contributed by atoms with E-state index < -0.39 is 0 Å². The average Bonchev–Trinajstić information content (AvgIpc) is 2.68. The van der Waals surface area contributed by atoms with Gasteiger partial charge in [0.05, 0.1) is 18.2 Å². The van der Waals surface area contributed by atoms with Gasteiger partial charge in [-0.1, -0.05) is 29.8 Å². The molecular formula is C21H26ClFN2O2. The predicted molar refractivity (Wildman–Crippen MR) is 106 cm³/mol. The Balaban J connectivity index is 1.39. The second-order valence-corrected chi connectivity index (χ2v) is 7.06. The highest BCUT2D eigenvalue weighted by atomic mass is 35.5. The molecule has 27 heavy (non-hydrogen) atoms. The number of nitrogens with one attached hydrogen (secondary N) is 1. The molecule has 0 aliphatic carbocycles. The minimum atomic E-state index is -0.342. The van der Waals surface area contributed by atoms with E-state index in [1.807, 2.05) is 18.2 Å². The topological polar surface area (TPSA) is 33.7 Å². The summed E-state index contributed by atoms with van der Waals surface area (Å²) < 4.78 is 24.3. The van der Waals surface area contributed by atoms with Gasteiger partial charge in [-0.2, -0.15) is 0 Å². The lowest BCUT2D eigenvalue weighted by atomic mass is 10.2. The Morgan fingerprint density at radius 3 is 2.81 bits per heavy atom. The first kappa shape index (κ1) is 20.1. The summed E-state index contributed by atoms with van der Waals surface area (Å²) in [6.07, 6.45) is 1.12. The molecule has 4 nitrogen and oxygen atoms in total. The molecule has 1 heterocycles. The first-order valence-corrected chi connectivity index (χ1v) is 9.75. The number of hydrogen-bond acceptors (Lipinski definition) is 4. The van der Waals surface area contributed by atoms with E-state index in [4.69, 9.17) is 21.1 Å². The molecular weight excluding hydrogens is 367 g/mol. The Hall–Kier alpha value is -1.66. The molecule has 0 bridgehead atoms. The Morgan fingerprint density at radius 2 is 2.00 bits per heavy atom. The molecule has 0 unspecified atom stereocenters. The van der Waals surface area contributed by atoms with Crippen molar-refractivity contribution in [3.05, 3.63) is 64.4 Å². The third-order valence-electron chi connectivity index (χ3n) is 4.57. The van der Waals surface area contributed by atoms with Gasteiger partial charge in [-0.15, -0.1) is 0 Å². The van der Waals surface area contributed by atoms with Crippen LogP contribution in [0.2, 0.25) is 5.02 Å². The van der Waals surface area contributed by atoms with Crippen LogP contribution in [0, 0.1) is 5.82 Å². The van der Waals surface area contributed by atoms with E-state index in [0.717, 1.165) is 63.7 Å². The fourth-order valence-electron chi connectivity index (χ4n) is 3.03. The zero-order chi connectivity index (χ0) is 18.9. The molecule has 1 N–H and O–H groups in total. The molecule has 1 aliphatic heterocycles. The lowest BCUT2D eigenvalue weighted by molar-refractivity contribution is 0.0374. The molecule has 1 aliphatic rings. The van der Waals surface area contributed by atoms with Crippen molar-refractivity contribution in [2.75, 3.05) is 39.4 Å². The van der Waals surface area contributed by atoms with Crippen LogP contribution in [0.15, 0.2) is 42.5 Å². The highest BCUT2D eigenvalue weighted by molar-refractivity contribution is 6.31. The molecule has 1 saturated heterocycles. The maximum Gasteiger partial charge on any atom is 0.124 e. The zero-order valence-electron chi connectivity index (χ0n) is 15.4. The Morgan fingerprint density at radius 1 is 1.15 bits per heavy atom. The van der Waals surface area contributed by atoms with E-state index in [9.17, 15) is 4.39 Å². The van der Waals surface area contributed by atoms with E-state index in [1.54, 1.807) is 6.07 Å². The van der Waals surface area contributed by atoms with Crippen molar-refractivity contribution in [2.45, 2.75) is 19.6 Å². The maximum absolute atomic E-state index is 13.1. The number of nitrogens with zero attached hydrogens (tertiary/aromatic N) is 1.